The van der Waals surface area contributed by atoms with Gasteiger partial charge in [0.2, 0.25) is 0 Å². The quantitative estimate of drug-likeness (QED) is 0.784. The SMILES string of the molecule is Fc1ccc(CNCc2cnc3cnc(Br)cn23)c(F)c1. The lowest BCUT2D eigenvalue weighted by atomic mass is 10.2. The third kappa shape index (κ3) is 3.08. The van der Waals surface area contributed by atoms with Crippen LogP contribution in [0.15, 0.2) is 41.4 Å². The van der Waals surface area contributed by atoms with E-state index in [0.717, 1.165) is 17.4 Å². The van der Waals surface area contributed by atoms with Crippen LogP contribution in [0.4, 0.5) is 8.78 Å². The number of rotatable bonds is 4. The summed E-state index contributed by atoms with van der Waals surface area (Å²) in [7, 11) is 0. The fourth-order valence-corrected chi connectivity index (χ4v) is 2.34. The number of fused-ring (bicyclic) bond motifs is 1. The first-order valence-electron chi connectivity index (χ1n) is 6.25. The molecule has 0 atom stereocenters. The van der Waals surface area contributed by atoms with E-state index in [1.54, 1.807) is 12.4 Å². The molecule has 3 aromatic rings. The summed E-state index contributed by atoms with van der Waals surface area (Å²) in [4.78, 5) is 8.33. The van der Waals surface area contributed by atoms with E-state index in [-0.39, 0.29) is 0 Å². The molecule has 0 bridgehead atoms. The van der Waals surface area contributed by atoms with Crippen LogP contribution >= 0.6 is 15.9 Å². The van der Waals surface area contributed by atoms with Gasteiger partial charge in [-0.3, -0.25) is 4.40 Å². The molecule has 0 saturated heterocycles. The van der Waals surface area contributed by atoms with Crippen LogP contribution < -0.4 is 5.32 Å². The predicted octanol–water partition coefficient (Wildman–Crippen LogP) is 3.06. The van der Waals surface area contributed by atoms with Crippen LogP contribution in [0, 0.1) is 11.6 Å². The van der Waals surface area contributed by atoms with Gasteiger partial charge in [0.05, 0.1) is 18.1 Å². The molecule has 0 unspecified atom stereocenters. The maximum Gasteiger partial charge on any atom is 0.155 e. The summed E-state index contributed by atoms with van der Waals surface area (Å²) in [5.74, 6) is -1.12. The van der Waals surface area contributed by atoms with Crippen molar-refractivity contribution in [3.05, 3.63) is 64.3 Å². The van der Waals surface area contributed by atoms with Crippen molar-refractivity contribution in [1.29, 1.82) is 0 Å². The van der Waals surface area contributed by atoms with E-state index < -0.39 is 11.6 Å². The molecule has 2 heterocycles. The smallest absolute Gasteiger partial charge is 0.155 e. The second-order valence-corrected chi connectivity index (χ2v) is 5.34. The van der Waals surface area contributed by atoms with Gasteiger partial charge in [0.15, 0.2) is 5.65 Å². The molecule has 0 aliphatic rings. The maximum atomic E-state index is 13.5. The van der Waals surface area contributed by atoms with Crippen molar-refractivity contribution in [2.24, 2.45) is 0 Å². The molecular weight excluding hydrogens is 342 g/mol. The number of imidazole rings is 1. The van der Waals surface area contributed by atoms with Gasteiger partial charge in [-0.1, -0.05) is 6.07 Å². The Labute approximate surface area is 128 Å². The Morgan fingerprint density at radius 2 is 2.00 bits per heavy atom. The summed E-state index contributed by atoms with van der Waals surface area (Å²) in [6, 6.07) is 3.57. The highest BCUT2D eigenvalue weighted by molar-refractivity contribution is 9.10. The number of aromatic nitrogens is 3. The highest BCUT2D eigenvalue weighted by Gasteiger charge is 2.06. The Morgan fingerprint density at radius 1 is 1.14 bits per heavy atom. The van der Waals surface area contributed by atoms with Crippen molar-refractivity contribution >= 4 is 21.6 Å². The van der Waals surface area contributed by atoms with Crippen molar-refractivity contribution in [3.8, 4) is 0 Å². The Kier molecular flexibility index (Phi) is 3.94. The minimum absolute atomic E-state index is 0.311. The minimum Gasteiger partial charge on any atom is -0.307 e. The molecular formula is C14H11BrF2N4. The van der Waals surface area contributed by atoms with Gasteiger partial charge in [-0.2, -0.15) is 0 Å². The molecule has 0 aliphatic carbocycles. The highest BCUT2D eigenvalue weighted by atomic mass is 79.9. The Bertz CT molecular complexity index is 788. The molecule has 4 nitrogen and oxygen atoms in total. The van der Waals surface area contributed by atoms with Crippen molar-refractivity contribution in [2.75, 3.05) is 0 Å². The van der Waals surface area contributed by atoms with Crippen LogP contribution in [0.1, 0.15) is 11.3 Å². The summed E-state index contributed by atoms with van der Waals surface area (Å²) in [5, 5.41) is 3.12. The first-order chi connectivity index (χ1) is 10.1. The maximum absolute atomic E-state index is 13.5. The molecule has 0 amide bonds. The average Bonchev–Trinajstić information content (AvgIpc) is 2.84. The topological polar surface area (TPSA) is 42.2 Å². The number of hydrogen-bond donors (Lipinski definition) is 1. The van der Waals surface area contributed by atoms with Crippen molar-refractivity contribution in [2.45, 2.75) is 13.1 Å². The molecule has 0 spiro atoms. The highest BCUT2D eigenvalue weighted by Crippen LogP contribution is 2.12. The van der Waals surface area contributed by atoms with Crippen molar-refractivity contribution < 1.29 is 8.78 Å². The predicted molar refractivity (Wildman–Crippen MR) is 77.6 cm³/mol. The molecule has 0 saturated carbocycles. The van der Waals surface area contributed by atoms with E-state index >= 15 is 0 Å². The van der Waals surface area contributed by atoms with Gasteiger partial charge in [-0.15, -0.1) is 0 Å². The van der Waals surface area contributed by atoms with E-state index in [0.29, 0.717) is 23.3 Å². The van der Waals surface area contributed by atoms with Crippen molar-refractivity contribution in [3.63, 3.8) is 0 Å². The first kappa shape index (κ1) is 14.1. The molecule has 1 aromatic carbocycles. The van der Waals surface area contributed by atoms with Gasteiger partial charge < -0.3 is 5.32 Å². The van der Waals surface area contributed by atoms with Gasteiger partial charge in [-0.05, 0) is 22.0 Å². The second-order valence-electron chi connectivity index (χ2n) is 4.53. The standard InChI is InChI=1S/C14H11BrF2N4/c15-13-8-21-11(6-20-14(21)7-19-13)5-18-4-9-1-2-10(16)3-12(9)17/h1-3,6-8,18H,4-5H2. The zero-order valence-corrected chi connectivity index (χ0v) is 12.4. The lowest BCUT2D eigenvalue weighted by Crippen LogP contribution is -2.15. The Hall–Kier alpha value is -1.86. The average molecular weight is 353 g/mol. The molecule has 0 aliphatic heterocycles. The molecule has 0 fully saturated rings. The van der Waals surface area contributed by atoms with Crippen LogP contribution in [0.25, 0.3) is 5.65 Å². The second kappa shape index (κ2) is 5.87. The van der Waals surface area contributed by atoms with Gasteiger partial charge >= 0.3 is 0 Å². The van der Waals surface area contributed by atoms with E-state index in [9.17, 15) is 8.78 Å². The zero-order chi connectivity index (χ0) is 14.8. The van der Waals surface area contributed by atoms with E-state index in [1.807, 2.05) is 10.6 Å². The van der Waals surface area contributed by atoms with Gasteiger partial charge in [0.25, 0.3) is 0 Å². The molecule has 7 heteroatoms. The van der Waals surface area contributed by atoms with Crippen LogP contribution in [-0.4, -0.2) is 14.4 Å². The molecule has 2 aromatic heterocycles. The number of nitrogens with zero attached hydrogens (tertiary/aromatic N) is 3. The van der Waals surface area contributed by atoms with Crippen LogP contribution in [-0.2, 0) is 13.1 Å². The van der Waals surface area contributed by atoms with Crippen LogP contribution in [0.2, 0.25) is 0 Å². The normalized spacial score (nSPS) is 11.2. The largest absolute Gasteiger partial charge is 0.307 e. The van der Waals surface area contributed by atoms with Gasteiger partial charge in [-0.25, -0.2) is 18.7 Å². The molecule has 21 heavy (non-hydrogen) atoms. The summed E-state index contributed by atoms with van der Waals surface area (Å²) >= 11 is 3.31. The van der Waals surface area contributed by atoms with Gasteiger partial charge in [0, 0.05) is 30.9 Å². The molecule has 0 radical (unpaired) electrons. The summed E-state index contributed by atoms with van der Waals surface area (Å²) < 4.78 is 28.9. The first-order valence-corrected chi connectivity index (χ1v) is 7.05. The van der Waals surface area contributed by atoms with Crippen LogP contribution in [0.5, 0.6) is 0 Å². The molecule has 108 valence electrons. The number of halogens is 3. The monoisotopic (exact) mass is 352 g/mol. The summed E-state index contributed by atoms with van der Waals surface area (Å²) in [6.45, 7) is 0.819. The lowest BCUT2D eigenvalue weighted by Gasteiger charge is -2.06. The third-order valence-corrected chi connectivity index (χ3v) is 3.49. The number of benzene rings is 1. The Balaban J connectivity index is 1.70. The lowest BCUT2D eigenvalue weighted by molar-refractivity contribution is 0.559. The van der Waals surface area contributed by atoms with E-state index in [4.69, 9.17) is 0 Å². The van der Waals surface area contributed by atoms with Crippen LogP contribution in [0.3, 0.4) is 0 Å². The van der Waals surface area contributed by atoms with E-state index in [1.165, 1.54) is 12.1 Å². The fourth-order valence-electron chi connectivity index (χ4n) is 2.04. The molecule has 3 rings (SSSR count). The third-order valence-electron chi connectivity index (χ3n) is 3.08. The molecule has 1 N–H and O–H groups in total. The summed E-state index contributed by atoms with van der Waals surface area (Å²) in [6.07, 6.45) is 5.21. The fraction of sp³-hybridized carbons (Fsp3) is 0.143. The van der Waals surface area contributed by atoms with E-state index in [2.05, 4.69) is 31.2 Å². The number of nitrogens with one attached hydrogen (secondary N) is 1. The van der Waals surface area contributed by atoms with Crippen molar-refractivity contribution in [1.82, 2.24) is 19.7 Å². The summed E-state index contributed by atoms with van der Waals surface area (Å²) in [5.41, 5.74) is 2.09. The zero-order valence-electron chi connectivity index (χ0n) is 10.9. The minimum atomic E-state index is -0.574. The van der Waals surface area contributed by atoms with Gasteiger partial charge in [0.1, 0.15) is 16.2 Å². The number of hydrogen-bond acceptors (Lipinski definition) is 3. The Morgan fingerprint density at radius 3 is 2.81 bits per heavy atom.